The maximum absolute atomic E-state index is 5.86. The van der Waals surface area contributed by atoms with Gasteiger partial charge >= 0.3 is 26.2 Å². The van der Waals surface area contributed by atoms with Crippen molar-refractivity contribution in [3.8, 4) is 44.9 Å². The van der Waals surface area contributed by atoms with Gasteiger partial charge < -0.3 is 8.83 Å². The number of benzene rings is 4. The molecule has 2 aromatic heterocycles. The van der Waals surface area contributed by atoms with Crippen molar-refractivity contribution in [2.75, 3.05) is 0 Å². The van der Waals surface area contributed by atoms with Crippen LogP contribution in [-0.2, 0) is 37.0 Å². The summed E-state index contributed by atoms with van der Waals surface area (Å²) in [5.74, 6) is 3.77. The van der Waals surface area contributed by atoms with Crippen LogP contribution in [0.4, 0.5) is 0 Å². The number of furan rings is 2. The van der Waals surface area contributed by atoms with Gasteiger partial charge in [0.15, 0.2) is 0 Å². The third kappa shape index (κ3) is 8.11. The minimum atomic E-state index is 0. The molecule has 55 heavy (non-hydrogen) atoms. The fourth-order valence-electron chi connectivity index (χ4n) is 7.69. The van der Waals surface area contributed by atoms with Gasteiger partial charge in [-0.2, -0.15) is 0 Å². The Kier molecular flexibility index (Phi) is 11.1. The van der Waals surface area contributed by atoms with Gasteiger partial charge in [-0.15, -0.1) is 57.9 Å². The number of rotatable bonds is 4. The Hall–Kier alpha value is -4.46. The SMILES string of the molecule is Cc1ccc(-c2cc3c(-c4ccc(C(C)(C)C)cc4)c(C)c(C)cc3[cH-]2)o1.Cc1ccc(-c2cc3c(-c4ccc(C(C)(C)C)cc4)c(C)c(C)cc3[cH-]2)o1.[Zr+2]. The zero-order valence-corrected chi connectivity index (χ0v) is 37.2. The molecule has 6 aromatic carbocycles. The van der Waals surface area contributed by atoms with Crippen LogP contribution in [-0.4, -0.2) is 0 Å². The fraction of sp³-hybridized carbons (Fsp3) is 0.269. The average Bonchev–Trinajstić information content (AvgIpc) is 3.93. The second-order valence-electron chi connectivity index (χ2n) is 17.4. The molecule has 0 saturated heterocycles. The summed E-state index contributed by atoms with van der Waals surface area (Å²) >= 11 is 0. The molecule has 3 heteroatoms. The zero-order valence-electron chi connectivity index (χ0n) is 34.7. The molecule has 8 aromatic rings. The van der Waals surface area contributed by atoms with Gasteiger partial charge in [0.2, 0.25) is 0 Å². The maximum Gasteiger partial charge on any atom is 2.00 e. The fourth-order valence-corrected chi connectivity index (χ4v) is 7.69. The van der Waals surface area contributed by atoms with E-state index in [1.807, 2.05) is 26.0 Å². The Morgan fingerprint density at radius 2 is 0.782 bits per heavy atom. The number of hydrogen-bond acceptors (Lipinski definition) is 2. The first-order valence-electron chi connectivity index (χ1n) is 19.2. The van der Waals surface area contributed by atoms with E-state index >= 15 is 0 Å². The molecule has 0 radical (unpaired) electrons. The second kappa shape index (κ2) is 15.2. The van der Waals surface area contributed by atoms with Crippen LogP contribution in [0, 0.1) is 41.5 Å². The van der Waals surface area contributed by atoms with Crippen LogP contribution in [0.1, 0.15) is 86.4 Å². The summed E-state index contributed by atoms with van der Waals surface area (Å²) in [7, 11) is 0. The number of aryl methyl sites for hydroxylation is 4. The first kappa shape index (κ1) is 40.2. The molecule has 2 nitrogen and oxygen atoms in total. The second-order valence-corrected chi connectivity index (χ2v) is 17.4. The van der Waals surface area contributed by atoms with Crippen molar-refractivity contribution < 1.29 is 35.0 Å². The van der Waals surface area contributed by atoms with Crippen LogP contribution < -0.4 is 0 Å². The number of hydrogen-bond donors (Lipinski definition) is 0. The first-order chi connectivity index (χ1) is 25.5. The van der Waals surface area contributed by atoms with E-state index in [4.69, 9.17) is 8.83 Å². The minimum absolute atomic E-state index is 0. The van der Waals surface area contributed by atoms with Crippen molar-refractivity contribution in [2.45, 2.75) is 93.9 Å². The van der Waals surface area contributed by atoms with E-state index in [2.05, 4.69) is 166 Å². The molecular formula is C52H54O2Zr. The van der Waals surface area contributed by atoms with Crippen LogP contribution >= 0.6 is 0 Å². The Balaban J connectivity index is 0.000000184. The summed E-state index contributed by atoms with van der Waals surface area (Å²) in [6, 6.07) is 39.9. The van der Waals surface area contributed by atoms with Crippen molar-refractivity contribution in [1.29, 1.82) is 0 Å². The Morgan fingerprint density at radius 3 is 1.07 bits per heavy atom. The van der Waals surface area contributed by atoms with E-state index in [0.29, 0.717) is 0 Å². The van der Waals surface area contributed by atoms with Gasteiger partial charge in [-0.25, -0.2) is 0 Å². The van der Waals surface area contributed by atoms with Gasteiger partial charge in [-0.3, -0.25) is 0 Å². The largest absolute Gasteiger partial charge is 2.00 e. The standard InChI is InChI=1S/2C26H27O.Zr/c2*1-16-13-20-14-21(24-12-7-17(2)27-24)15-23(20)25(18(16)3)19-8-10-22(11-9-19)26(4,5)6;/h2*7-15H,1-6H3;/q2*-1;+2. The molecule has 0 spiro atoms. The summed E-state index contributed by atoms with van der Waals surface area (Å²) in [4.78, 5) is 0. The maximum atomic E-state index is 5.86. The summed E-state index contributed by atoms with van der Waals surface area (Å²) in [6.45, 7) is 26.4. The van der Waals surface area contributed by atoms with Crippen molar-refractivity contribution in [1.82, 2.24) is 0 Å². The van der Waals surface area contributed by atoms with Crippen LogP contribution in [0.15, 0.2) is 118 Å². The molecule has 8 rings (SSSR count). The molecule has 0 aliphatic heterocycles. The van der Waals surface area contributed by atoms with E-state index < -0.39 is 0 Å². The molecular weight excluding hydrogens is 748 g/mol. The Bertz CT molecular complexity index is 2410. The van der Waals surface area contributed by atoms with Crippen molar-refractivity contribution >= 4 is 21.5 Å². The molecule has 0 fully saturated rings. The third-order valence-electron chi connectivity index (χ3n) is 11.2. The molecule has 0 atom stereocenters. The summed E-state index contributed by atoms with van der Waals surface area (Å²) in [5, 5.41) is 5.14. The van der Waals surface area contributed by atoms with E-state index in [1.165, 1.54) is 77.2 Å². The normalized spacial score (nSPS) is 11.9. The molecule has 0 bridgehead atoms. The monoisotopic (exact) mass is 800 g/mol. The van der Waals surface area contributed by atoms with Crippen LogP contribution in [0.3, 0.4) is 0 Å². The number of fused-ring (bicyclic) bond motifs is 2. The minimum Gasteiger partial charge on any atom is -0.496 e. The van der Waals surface area contributed by atoms with Crippen LogP contribution in [0.5, 0.6) is 0 Å². The summed E-state index contributed by atoms with van der Waals surface area (Å²) in [5.41, 5.74) is 15.9. The molecule has 0 aliphatic carbocycles. The molecule has 278 valence electrons. The van der Waals surface area contributed by atoms with Crippen molar-refractivity contribution in [3.05, 3.63) is 154 Å². The van der Waals surface area contributed by atoms with Crippen molar-refractivity contribution in [2.24, 2.45) is 0 Å². The molecule has 0 unspecified atom stereocenters. The topological polar surface area (TPSA) is 26.3 Å². The zero-order chi connectivity index (χ0) is 38.7. The molecule has 0 N–H and O–H groups in total. The first-order valence-corrected chi connectivity index (χ1v) is 19.2. The van der Waals surface area contributed by atoms with Gasteiger partial charge in [0.05, 0.1) is 23.0 Å². The summed E-state index contributed by atoms with van der Waals surface area (Å²) < 4.78 is 11.7. The van der Waals surface area contributed by atoms with Gasteiger partial charge in [0.1, 0.15) is 0 Å². The van der Waals surface area contributed by atoms with E-state index in [-0.39, 0.29) is 37.0 Å². The van der Waals surface area contributed by atoms with Gasteiger partial charge in [-0.1, -0.05) is 123 Å². The quantitative estimate of drug-likeness (QED) is 0.166. The molecule has 0 saturated carbocycles. The predicted octanol–water partition coefficient (Wildman–Crippen LogP) is 15.4. The summed E-state index contributed by atoms with van der Waals surface area (Å²) in [6.07, 6.45) is 0. The molecule has 0 aliphatic rings. The smallest absolute Gasteiger partial charge is 0.496 e. The van der Waals surface area contributed by atoms with E-state index in [9.17, 15) is 0 Å². The van der Waals surface area contributed by atoms with Crippen LogP contribution in [0.25, 0.3) is 66.4 Å². The molecule has 2 heterocycles. The van der Waals surface area contributed by atoms with Gasteiger partial charge in [-0.05, 0) is 110 Å². The Labute approximate surface area is 347 Å². The van der Waals surface area contributed by atoms with E-state index in [1.54, 1.807) is 0 Å². The third-order valence-corrected chi connectivity index (χ3v) is 11.2. The van der Waals surface area contributed by atoms with Crippen molar-refractivity contribution in [3.63, 3.8) is 0 Å². The van der Waals surface area contributed by atoms with E-state index in [0.717, 1.165) is 34.2 Å². The average molecular weight is 802 g/mol. The van der Waals surface area contributed by atoms with Gasteiger partial charge in [0.25, 0.3) is 0 Å². The predicted molar refractivity (Wildman–Crippen MR) is 231 cm³/mol. The Morgan fingerprint density at radius 1 is 0.436 bits per heavy atom. The molecule has 0 amide bonds. The van der Waals surface area contributed by atoms with Gasteiger partial charge in [0, 0.05) is 0 Å². The van der Waals surface area contributed by atoms with Crippen LogP contribution in [0.2, 0.25) is 0 Å².